The molecule has 0 bridgehead atoms. The molecule has 1 rings (SSSR count). The average Bonchev–Trinajstić information content (AvgIpc) is 2.14. The molecule has 81 valence electrons. The quantitative estimate of drug-likeness (QED) is 0.757. The Morgan fingerprint density at radius 3 is 2.60 bits per heavy atom. The van der Waals surface area contributed by atoms with Gasteiger partial charge < -0.3 is 4.74 Å². The van der Waals surface area contributed by atoms with Gasteiger partial charge in [0.1, 0.15) is 5.75 Å². The maximum Gasteiger partial charge on any atom is 0.121 e. The molecule has 1 radical (unpaired) electrons. The fourth-order valence-corrected chi connectivity index (χ4v) is 1.89. The Kier molecular flexibility index (Phi) is 4.64. The lowest BCUT2D eigenvalue weighted by Gasteiger charge is -2.13. The Bertz CT molecular complexity index is 344. The molecule has 15 heavy (non-hydrogen) atoms. The molecule has 0 spiro atoms. The second-order valence-corrected chi connectivity index (χ2v) is 4.97. The third kappa shape index (κ3) is 3.86. The summed E-state index contributed by atoms with van der Waals surface area (Å²) in [6, 6.07) is 6.23. The van der Waals surface area contributed by atoms with Crippen LogP contribution >= 0.6 is 22.6 Å². The lowest BCUT2D eigenvalue weighted by molar-refractivity contribution is 0.242. The first-order valence-corrected chi connectivity index (χ1v) is 6.04. The van der Waals surface area contributed by atoms with Crippen LogP contribution in [-0.2, 0) is 0 Å². The summed E-state index contributed by atoms with van der Waals surface area (Å²) in [5.74, 6) is 2.09. The van der Waals surface area contributed by atoms with E-state index < -0.39 is 0 Å². The van der Waals surface area contributed by atoms with Crippen molar-refractivity contribution >= 4 is 22.6 Å². The predicted molar refractivity (Wildman–Crippen MR) is 73.1 cm³/mol. The van der Waals surface area contributed by atoms with E-state index in [1.165, 1.54) is 15.1 Å². The Balaban J connectivity index is 2.99. The van der Waals surface area contributed by atoms with Crippen LogP contribution < -0.4 is 4.74 Å². The number of halogens is 1. The minimum absolute atomic E-state index is 0.208. The van der Waals surface area contributed by atoms with Crippen molar-refractivity contribution in [3.63, 3.8) is 0 Å². The molecule has 0 aromatic heterocycles. The molecule has 0 aliphatic carbocycles. The Hall–Kier alpha value is -0.510. The summed E-state index contributed by atoms with van der Waals surface area (Å²) in [7, 11) is 0. The zero-order valence-electron chi connectivity index (χ0n) is 9.38. The van der Waals surface area contributed by atoms with Crippen molar-refractivity contribution in [2.75, 3.05) is 0 Å². The van der Waals surface area contributed by atoms with Crippen LogP contribution in [0.25, 0.3) is 0 Å². The van der Waals surface area contributed by atoms with E-state index in [-0.39, 0.29) is 6.10 Å². The maximum absolute atomic E-state index is 5.68. The van der Waals surface area contributed by atoms with E-state index in [0.717, 1.165) is 5.75 Å². The molecule has 0 aliphatic rings. The van der Waals surface area contributed by atoms with Gasteiger partial charge >= 0.3 is 0 Å². The van der Waals surface area contributed by atoms with Gasteiger partial charge in [0, 0.05) is 9.49 Å². The lowest BCUT2D eigenvalue weighted by Crippen LogP contribution is -2.06. The molecule has 0 amide bonds. The van der Waals surface area contributed by atoms with E-state index in [2.05, 4.69) is 48.2 Å². The van der Waals surface area contributed by atoms with Crippen molar-refractivity contribution in [3.8, 4) is 5.75 Å². The van der Waals surface area contributed by atoms with Crippen LogP contribution in [0.5, 0.6) is 5.75 Å². The van der Waals surface area contributed by atoms with E-state index in [0.29, 0.717) is 0 Å². The van der Waals surface area contributed by atoms with Gasteiger partial charge in [0.05, 0.1) is 6.10 Å². The van der Waals surface area contributed by atoms with Gasteiger partial charge in [0.2, 0.25) is 0 Å². The third-order valence-electron chi connectivity index (χ3n) is 2.00. The van der Waals surface area contributed by atoms with E-state index in [1.54, 1.807) is 0 Å². The molecular weight excluding hydrogens is 299 g/mol. The minimum Gasteiger partial charge on any atom is -0.491 e. The average molecular weight is 315 g/mol. The van der Waals surface area contributed by atoms with Gasteiger partial charge in [-0.3, -0.25) is 0 Å². The van der Waals surface area contributed by atoms with Crippen molar-refractivity contribution in [1.29, 1.82) is 0 Å². The van der Waals surface area contributed by atoms with Crippen molar-refractivity contribution in [1.82, 2.24) is 0 Å². The SMILES string of the molecule is C=C[C](C)c1cc(I)cc(OC(C)C)c1. The molecular formula is C13H16IO. The highest BCUT2D eigenvalue weighted by molar-refractivity contribution is 14.1. The zero-order chi connectivity index (χ0) is 11.4. The number of hydrogen-bond donors (Lipinski definition) is 0. The van der Waals surface area contributed by atoms with Gasteiger partial charge in [-0.2, -0.15) is 0 Å². The van der Waals surface area contributed by atoms with Crippen LogP contribution in [0.1, 0.15) is 26.3 Å². The molecule has 0 saturated carbocycles. The number of allylic oxidation sites excluding steroid dienone is 1. The van der Waals surface area contributed by atoms with Crippen LogP contribution in [0, 0.1) is 9.49 Å². The summed E-state index contributed by atoms with van der Waals surface area (Å²) >= 11 is 2.30. The van der Waals surface area contributed by atoms with Crippen LogP contribution in [0.2, 0.25) is 0 Å². The number of rotatable bonds is 4. The summed E-state index contributed by atoms with van der Waals surface area (Å²) in [4.78, 5) is 0. The largest absolute Gasteiger partial charge is 0.491 e. The van der Waals surface area contributed by atoms with E-state index in [9.17, 15) is 0 Å². The van der Waals surface area contributed by atoms with Crippen molar-refractivity contribution in [3.05, 3.63) is 45.9 Å². The van der Waals surface area contributed by atoms with Gasteiger partial charge in [0.25, 0.3) is 0 Å². The summed E-state index contributed by atoms with van der Waals surface area (Å²) in [5.41, 5.74) is 1.17. The minimum atomic E-state index is 0.208. The highest BCUT2D eigenvalue weighted by Crippen LogP contribution is 2.25. The van der Waals surface area contributed by atoms with E-state index >= 15 is 0 Å². The second kappa shape index (κ2) is 5.54. The van der Waals surface area contributed by atoms with Gasteiger partial charge in [-0.1, -0.05) is 13.0 Å². The first-order valence-electron chi connectivity index (χ1n) is 4.96. The van der Waals surface area contributed by atoms with E-state index in [1.807, 2.05) is 26.0 Å². The smallest absolute Gasteiger partial charge is 0.121 e. The number of ether oxygens (including phenoxy) is 1. The summed E-state index contributed by atoms with van der Waals surface area (Å²) in [6.45, 7) is 9.89. The van der Waals surface area contributed by atoms with Crippen molar-refractivity contribution in [2.24, 2.45) is 0 Å². The molecule has 0 fully saturated rings. The van der Waals surface area contributed by atoms with E-state index in [4.69, 9.17) is 4.74 Å². The fourth-order valence-electron chi connectivity index (χ4n) is 1.25. The molecule has 0 heterocycles. The Morgan fingerprint density at radius 1 is 1.40 bits per heavy atom. The van der Waals surface area contributed by atoms with Crippen LogP contribution in [-0.4, -0.2) is 6.10 Å². The number of hydrogen-bond acceptors (Lipinski definition) is 1. The van der Waals surface area contributed by atoms with Gasteiger partial charge in [0.15, 0.2) is 0 Å². The first kappa shape index (κ1) is 12.6. The van der Waals surface area contributed by atoms with Gasteiger partial charge in [-0.15, -0.1) is 6.58 Å². The maximum atomic E-state index is 5.68. The molecule has 1 nitrogen and oxygen atoms in total. The molecule has 0 atom stereocenters. The normalized spacial score (nSPS) is 10.8. The summed E-state index contributed by atoms with van der Waals surface area (Å²) in [5, 5.41) is 0. The molecule has 0 saturated heterocycles. The Labute approximate surface area is 106 Å². The lowest BCUT2D eigenvalue weighted by atomic mass is 10.0. The highest BCUT2D eigenvalue weighted by atomic mass is 127. The monoisotopic (exact) mass is 315 g/mol. The van der Waals surface area contributed by atoms with Crippen LogP contribution in [0.15, 0.2) is 30.9 Å². The van der Waals surface area contributed by atoms with Gasteiger partial charge in [-0.25, -0.2) is 0 Å². The molecule has 0 aliphatic heterocycles. The van der Waals surface area contributed by atoms with Crippen molar-refractivity contribution in [2.45, 2.75) is 26.9 Å². The summed E-state index contributed by atoms with van der Waals surface area (Å²) < 4.78 is 6.86. The standard InChI is InChI=1S/C13H16IO/c1-5-10(4)11-6-12(14)8-13(7-11)15-9(2)3/h5-9H,1H2,2-4H3. The molecule has 0 unspecified atom stereocenters. The predicted octanol–water partition coefficient (Wildman–Crippen LogP) is 4.21. The van der Waals surface area contributed by atoms with Crippen LogP contribution in [0.4, 0.5) is 0 Å². The second-order valence-electron chi connectivity index (χ2n) is 3.73. The molecule has 0 N–H and O–H groups in total. The topological polar surface area (TPSA) is 9.23 Å². The summed E-state index contributed by atoms with van der Waals surface area (Å²) in [6.07, 6.45) is 2.07. The Morgan fingerprint density at radius 2 is 2.07 bits per heavy atom. The molecule has 1 aromatic rings. The zero-order valence-corrected chi connectivity index (χ0v) is 11.5. The first-order chi connectivity index (χ1) is 7.02. The van der Waals surface area contributed by atoms with Gasteiger partial charge in [-0.05, 0) is 60.2 Å². The third-order valence-corrected chi connectivity index (χ3v) is 2.63. The van der Waals surface area contributed by atoms with Crippen molar-refractivity contribution < 1.29 is 4.74 Å². The molecule has 1 aromatic carbocycles. The number of benzene rings is 1. The highest BCUT2D eigenvalue weighted by Gasteiger charge is 2.06. The molecule has 2 heteroatoms. The van der Waals surface area contributed by atoms with Crippen LogP contribution in [0.3, 0.4) is 0 Å². The fraction of sp³-hybridized carbons (Fsp3) is 0.308.